The van der Waals surface area contributed by atoms with Crippen LogP contribution in [0.3, 0.4) is 0 Å². The van der Waals surface area contributed by atoms with Gasteiger partial charge in [-0.25, -0.2) is 0 Å². The molecule has 0 unspecified atom stereocenters. The van der Waals surface area contributed by atoms with Crippen molar-refractivity contribution >= 4 is 5.84 Å². The number of nitrogens with two attached hydrogens (primary N) is 1. The molecule has 1 heterocycles. The Hall–Kier alpha value is -2.23. The molecule has 18 heavy (non-hydrogen) atoms. The average molecular weight is 243 g/mol. The van der Waals surface area contributed by atoms with E-state index in [1.165, 1.54) is 11.1 Å². The van der Waals surface area contributed by atoms with Crippen molar-refractivity contribution in [2.45, 2.75) is 19.9 Å². The summed E-state index contributed by atoms with van der Waals surface area (Å²) in [5, 5.41) is 11.7. The van der Waals surface area contributed by atoms with Gasteiger partial charge in [0.25, 0.3) is 0 Å². The molecule has 0 radical (unpaired) electrons. The van der Waals surface area contributed by atoms with Gasteiger partial charge in [0.2, 0.25) is 0 Å². The highest BCUT2D eigenvalue weighted by atomic mass is 16.4. The second-order valence-electron chi connectivity index (χ2n) is 4.18. The van der Waals surface area contributed by atoms with E-state index in [-0.39, 0.29) is 5.84 Å². The van der Waals surface area contributed by atoms with E-state index in [2.05, 4.69) is 36.3 Å². The number of amidine groups is 1. The molecule has 4 heteroatoms. The van der Waals surface area contributed by atoms with Gasteiger partial charge in [0, 0.05) is 12.7 Å². The number of nitrogens with zero attached hydrogens (tertiary/aromatic N) is 2. The van der Waals surface area contributed by atoms with E-state index in [9.17, 15) is 0 Å². The van der Waals surface area contributed by atoms with E-state index in [1.807, 2.05) is 22.9 Å². The van der Waals surface area contributed by atoms with Crippen molar-refractivity contribution in [3.63, 3.8) is 0 Å². The first kappa shape index (κ1) is 12.2. The van der Waals surface area contributed by atoms with Gasteiger partial charge < -0.3 is 15.5 Å². The van der Waals surface area contributed by atoms with Crippen molar-refractivity contribution in [3.05, 3.63) is 59.4 Å². The summed E-state index contributed by atoms with van der Waals surface area (Å²) in [7, 11) is 0. The minimum Gasteiger partial charge on any atom is -0.409 e. The zero-order valence-corrected chi connectivity index (χ0v) is 10.4. The molecule has 0 amide bonds. The van der Waals surface area contributed by atoms with Gasteiger partial charge in [-0.3, -0.25) is 0 Å². The van der Waals surface area contributed by atoms with Crippen LogP contribution < -0.4 is 5.73 Å². The summed E-state index contributed by atoms with van der Waals surface area (Å²) in [5.41, 5.74) is 8.85. The summed E-state index contributed by atoms with van der Waals surface area (Å²) >= 11 is 0. The maximum Gasteiger partial charge on any atom is 0.186 e. The number of hydrogen-bond acceptors (Lipinski definition) is 2. The minimum atomic E-state index is 0.130. The molecular weight excluding hydrogens is 226 g/mol. The molecule has 1 aromatic heterocycles. The van der Waals surface area contributed by atoms with E-state index in [4.69, 9.17) is 10.9 Å². The molecule has 1 aromatic carbocycles. The monoisotopic (exact) mass is 243 g/mol. The highest BCUT2D eigenvalue weighted by Gasteiger charge is 2.06. The Morgan fingerprint density at radius 2 is 1.89 bits per heavy atom. The van der Waals surface area contributed by atoms with Gasteiger partial charge in [0.15, 0.2) is 5.84 Å². The lowest BCUT2D eigenvalue weighted by atomic mass is 10.1. The number of rotatable bonds is 4. The molecule has 0 fully saturated rings. The molecule has 4 nitrogen and oxygen atoms in total. The fourth-order valence-corrected chi connectivity index (χ4v) is 1.91. The zero-order valence-electron chi connectivity index (χ0n) is 10.4. The summed E-state index contributed by atoms with van der Waals surface area (Å²) in [4.78, 5) is 0. The Morgan fingerprint density at radius 3 is 2.50 bits per heavy atom. The molecule has 3 N–H and O–H groups in total. The molecule has 2 rings (SSSR count). The fraction of sp³-hybridized carbons (Fsp3) is 0.214. The third-order valence-electron chi connectivity index (χ3n) is 2.98. The highest BCUT2D eigenvalue weighted by molar-refractivity contribution is 5.95. The standard InChI is InChI=1S/C14H17N3O/c1-2-11-5-7-12(8-6-11)10-17-9-3-4-13(17)14(15)16-18/h3-9,18H,2,10H2,1H3,(H2,15,16). The number of aromatic nitrogens is 1. The number of hydrogen-bond donors (Lipinski definition) is 2. The highest BCUT2D eigenvalue weighted by Crippen LogP contribution is 2.10. The van der Waals surface area contributed by atoms with Crippen molar-refractivity contribution in [2.24, 2.45) is 10.9 Å². The second-order valence-corrected chi connectivity index (χ2v) is 4.18. The van der Waals surface area contributed by atoms with Crippen molar-refractivity contribution in [3.8, 4) is 0 Å². The van der Waals surface area contributed by atoms with E-state index >= 15 is 0 Å². The van der Waals surface area contributed by atoms with Crippen LogP contribution in [0, 0.1) is 0 Å². The lowest BCUT2D eigenvalue weighted by molar-refractivity contribution is 0.318. The van der Waals surface area contributed by atoms with Gasteiger partial charge >= 0.3 is 0 Å². The fourth-order valence-electron chi connectivity index (χ4n) is 1.91. The quantitative estimate of drug-likeness (QED) is 0.374. The van der Waals surface area contributed by atoms with Gasteiger partial charge in [-0.2, -0.15) is 0 Å². The van der Waals surface area contributed by atoms with Gasteiger partial charge in [0.1, 0.15) is 0 Å². The number of benzene rings is 1. The van der Waals surface area contributed by atoms with Crippen LogP contribution in [-0.2, 0) is 13.0 Å². The Balaban J connectivity index is 2.21. The van der Waals surface area contributed by atoms with Crippen LogP contribution in [0.1, 0.15) is 23.7 Å². The van der Waals surface area contributed by atoms with Crippen LogP contribution >= 0.6 is 0 Å². The van der Waals surface area contributed by atoms with E-state index in [0.29, 0.717) is 6.54 Å². The first-order chi connectivity index (χ1) is 8.74. The maximum atomic E-state index is 8.72. The molecule has 0 aliphatic heterocycles. The van der Waals surface area contributed by atoms with Crippen LogP contribution in [0.15, 0.2) is 47.8 Å². The SMILES string of the molecule is CCc1ccc(Cn2cccc2/C(N)=N/O)cc1. The molecule has 0 saturated carbocycles. The molecule has 0 atom stereocenters. The first-order valence-corrected chi connectivity index (χ1v) is 5.95. The smallest absolute Gasteiger partial charge is 0.186 e. The number of aryl methyl sites for hydroxylation is 1. The van der Waals surface area contributed by atoms with Crippen molar-refractivity contribution in [1.29, 1.82) is 0 Å². The van der Waals surface area contributed by atoms with Crippen LogP contribution in [0.2, 0.25) is 0 Å². The van der Waals surface area contributed by atoms with Crippen LogP contribution in [-0.4, -0.2) is 15.6 Å². The molecule has 94 valence electrons. The predicted molar refractivity (Wildman–Crippen MR) is 71.9 cm³/mol. The topological polar surface area (TPSA) is 63.5 Å². The first-order valence-electron chi connectivity index (χ1n) is 5.95. The van der Waals surface area contributed by atoms with Gasteiger partial charge in [0.05, 0.1) is 5.69 Å². The van der Waals surface area contributed by atoms with E-state index in [0.717, 1.165) is 12.1 Å². The van der Waals surface area contributed by atoms with Gasteiger partial charge in [-0.1, -0.05) is 36.3 Å². The average Bonchev–Trinajstić information content (AvgIpc) is 2.87. The molecule has 2 aromatic rings. The van der Waals surface area contributed by atoms with Crippen LogP contribution in [0.5, 0.6) is 0 Å². The van der Waals surface area contributed by atoms with Crippen molar-refractivity contribution in [2.75, 3.05) is 0 Å². The van der Waals surface area contributed by atoms with Gasteiger partial charge in [-0.05, 0) is 29.7 Å². The summed E-state index contributed by atoms with van der Waals surface area (Å²) in [5.74, 6) is 0.130. The van der Waals surface area contributed by atoms with E-state index < -0.39 is 0 Å². The minimum absolute atomic E-state index is 0.130. The third-order valence-corrected chi connectivity index (χ3v) is 2.98. The molecule has 0 aliphatic carbocycles. The summed E-state index contributed by atoms with van der Waals surface area (Å²) in [6, 6.07) is 12.2. The molecule has 0 spiro atoms. The summed E-state index contributed by atoms with van der Waals surface area (Å²) < 4.78 is 1.95. The van der Waals surface area contributed by atoms with Crippen LogP contribution in [0.25, 0.3) is 0 Å². The molecule has 0 bridgehead atoms. The van der Waals surface area contributed by atoms with E-state index in [1.54, 1.807) is 0 Å². The number of oxime groups is 1. The Bertz CT molecular complexity index is 540. The van der Waals surface area contributed by atoms with Crippen LogP contribution in [0.4, 0.5) is 0 Å². The maximum absolute atomic E-state index is 8.72. The summed E-state index contributed by atoms with van der Waals surface area (Å²) in [6.45, 7) is 2.85. The third kappa shape index (κ3) is 2.53. The zero-order chi connectivity index (χ0) is 13.0. The second kappa shape index (κ2) is 5.40. The summed E-state index contributed by atoms with van der Waals surface area (Å²) in [6.07, 6.45) is 2.96. The van der Waals surface area contributed by atoms with Crippen molar-refractivity contribution < 1.29 is 5.21 Å². The largest absolute Gasteiger partial charge is 0.409 e. The molecule has 0 aliphatic rings. The molecule has 0 saturated heterocycles. The van der Waals surface area contributed by atoms with Gasteiger partial charge in [-0.15, -0.1) is 0 Å². The Kier molecular flexibility index (Phi) is 3.67. The normalized spacial score (nSPS) is 11.7. The predicted octanol–water partition coefficient (Wildman–Crippen LogP) is 2.19. The Morgan fingerprint density at radius 1 is 1.22 bits per heavy atom. The lowest BCUT2D eigenvalue weighted by Crippen LogP contribution is -2.18. The lowest BCUT2D eigenvalue weighted by Gasteiger charge is -2.08. The van der Waals surface area contributed by atoms with Crippen molar-refractivity contribution in [1.82, 2.24) is 4.57 Å². The Labute approximate surface area is 106 Å². The molecular formula is C14H17N3O.